The summed E-state index contributed by atoms with van der Waals surface area (Å²) >= 11 is 0. The standard InChI is InChI=1S/C7H5ClO4S.ClH/c8-13(10,11)12-7(9)6-4-2-1-3-5-6;/h1-5H;1H. The quantitative estimate of drug-likeness (QED) is 0.757. The maximum atomic E-state index is 11.0. The largest absolute Gasteiger partial charge is 0.404 e. The Hall–Kier alpha value is -0.780. The van der Waals surface area contributed by atoms with Crippen LogP contribution < -0.4 is 0 Å². The Labute approximate surface area is 91.9 Å². The molecule has 0 saturated carbocycles. The van der Waals surface area contributed by atoms with E-state index in [1.54, 1.807) is 18.2 Å². The minimum absolute atomic E-state index is 0. The van der Waals surface area contributed by atoms with Crippen molar-refractivity contribution in [3.63, 3.8) is 0 Å². The SMILES string of the molecule is Cl.O=C(OS(=O)(=O)Cl)c1ccccc1. The van der Waals surface area contributed by atoms with Gasteiger partial charge in [0.1, 0.15) is 0 Å². The molecular weight excluding hydrogens is 251 g/mol. The van der Waals surface area contributed by atoms with Crippen molar-refractivity contribution >= 4 is 38.4 Å². The third-order valence-electron chi connectivity index (χ3n) is 1.18. The number of rotatable bonds is 2. The maximum Gasteiger partial charge on any atom is 0.404 e. The number of carbonyl (C=O) groups excluding carboxylic acids is 1. The van der Waals surface area contributed by atoms with Gasteiger partial charge in [-0.1, -0.05) is 18.2 Å². The maximum absolute atomic E-state index is 11.0. The molecule has 0 atom stereocenters. The van der Waals surface area contributed by atoms with Crippen LogP contribution in [0.15, 0.2) is 30.3 Å². The van der Waals surface area contributed by atoms with Crippen molar-refractivity contribution in [3.05, 3.63) is 35.9 Å². The second-order valence-corrected chi connectivity index (χ2v) is 4.22. The van der Waals surface area contributed by atoms with Gasteiger partial charge in [0.05, 0.1) is 16.2 Å². The lowest BCUT2D eigenvalue weighted by Crippen LogP contribution is -2.07. The van der Waals surface area contributed by atoms with Crippen LogP contribution in [-0.4, -0.2) is 14.4 Å². The zero-order chi connectivity index (χ0) is 9.90. The van der Waals surface area contributed by atoms with Crippen molar-refractivity contribution in [2.75, 3.05) is 0 Å². The molecule has 0 aliphatic carbocycles. The topological polar surface area (TPSA) is 60.4 Å². The molecule has 1 aromatic rings. The highest BCUT2D eigenvalue weighted by molar-refractivity contribution is 8.10. The van der Waals surface area contributed by atoms with E-state index in [1.165, 1.54) is 12.1 Å². The Bertz CT molecular complexity index is 401. The molecule has 1 rings (SSSR count). The predicted octanol–water partition coefficient (Wildman–Crippen LogP) is 1.75. The molecule has 0 aromatic heterocycles. The summed E-state index contributed by atoms with van der Waals surface area (Å²) in [6.45, 7) is 0. The van der Waals surface area contributed by atoms with E-state index in [0.29, 0.717) is 0 Å². The molecule has 0 aliphatic heterocycles. The van der Waals surface area contributed by atoms with Crippen molar-refractivity contribution in [3.8, 4) is 0 Å². The fourth-order valence-electron chi connectivity index (χ4n) is 0.713. The van der Waals surface area contributed by atoms with Gasteiger partial charge < -0.3 is 4.18 Å². The van der Waals surface area contributed by atoms with Gasteiger partial charge in [0.15, 0.2) is 0 Å². The number of halogens is 2. The first-order valence-corrected chi connectivity index (χ1v) is 5.46. The Morgan fingerprint density at radius 1 is 1.21 bits per heavy atom. The van der Waals surface area contributed by atoms with Gasteiger partial charge in [0, 0.05) is 0 Å². The van der Waals surface area contributed by atoms with Crippen molar-refractivity contribution in [2.24, 2.45) is 0 Å². The number of benzene rings is 1. The lowest BCUT2D eigenvalue weighted by atomic mass is 10.2. The molecule has 0 spiro atoms. The van der Waals surface area contributed by atoms with Gasteiger partial charge >= 0.3 is 15.3 Å². The van der Waals surface area contributed by atoms with Gasteiger partial charge in [-0.2, -0.15) is 8.42 Å². The summed E-state index contributed by atoms with van der Waals surface area (Å²) in [5, 5.41) is 0. The molecule has 14 heavy (non-hydrogen) atoms. The van der Waals surface area contributed by atoms with Crippen LogP contribution in [0, 0.1) is 0 Å². The average molecular weight is 257 g/mol. The fraction of sp³-hybridized carbons (Fsp3) is 0. The second-order valence-electron chi connectivity index (χ2n) is 2.13. The molecule has 78 valence electrons. The van der Waals surface area contributed by atoms with Gasteiger partial charge in [-0.15, -0.1) is 12.4 Å². The molecule has 0 bridgehead atoms. The zero-order valence-electron chi connectivity index (χ0n) is 6.71. The third-order valence-corrected chi connectivity index (χ3v) is 1.72. The molecule has 0 heterocycles. The van der Waals surface area contributed by atoms with Crippen LogP contribution >= 0.6 is 23.1 Å². The van der Waals surface area contributed by atoms with Crippen LogP contribution in [0.2, 0.25) is 0 Å². The fourth-order valence-corrected chi connectivity index (χ4v) is 1.16. The molecule has 0 saturated heterocycles. The summed E-state index contributed by atoms with van der Waals surface area (Å²) in [5.41, 5.74) is 0.131. The molecule has 0 fully saturated rings. The van der Waals surface area contributed by atoms with Crippen molar-refractivity contribution in [2.45, 2.75) is 0 Å². The van der Waals surface area contributed by atoms with Gasteiger partial charge in [0.25, 0.3) is 0 Å². The van der Waals surface area contributed by atoms with E-state index in [1.807, 2.05) is 0 Å². The molecule has 0 amide bonds. The van der Waals surface area contributed by atoms with E-state index >= 15 is 0 Å². The van der Waals surface area contributed by atoms with E-state index in [-0.39, 0.29) is 18.0 Å². The number of hydrogen-bond donors (Lipinski definition) is 0. The highest BCUT2D eigenvalue weighted by Crippen LogP contribution is 2.06. The third kappa shape index (κ3) is 4.45. The van der Waals surface area contributed by atoms with Crippen molar-refractivity contribution in [1.82, 2.24) is 0 Å². The minimum atomic E-state index is -4.25. The van der Waals surface area contributed by atoms with E-state index in [0.717, 1.165) is 0 Å². The van der Waals surface area contributed by atoms with Crippen LogP contribution in [0.5, 0.6) is 0 Å². The summed E-state index contributed by atoms with van der Waals surface area (Å²) in [7, 11) is 0.458. The van der Waals surface area contributed by atoms with Crippen LogP contribution in [0.4, 0.5) is 0 Å². The first-order valence-electron chi connectivity index (χ1n) is 3.22. The molecular formula is C7H6Cl2O4S. The van der Waals surface area contributed by atoms with E-state index in [9.17, 15) is 13.2 Å². The van der Waals surface area contributed by atoms with Crippen LogP contribution in [-0.2, 0) is 13.5 Å². The van der Waals surface area contributed by atoms with Crippen molar-refractivity contribution in [1.29, 1.82) is 0 Å². The summed E-state index contributed by atoms with van der Waals surface area (Å²) in [6.07, 6.45) is 0. The highest BCUT2D eigenvalue weighted by Gasteiger charge is 2.14. The van der Waals surface area contributed by atoms with E-state index in [2.05, 4.69) is 4.18 Å². The van der Waals surface area contributed by atoms with Gasteiger partial charge in [-0.05, 0) is 12.1 Å². The summed E-state index contributed by atoms with van der Waals surface area (Å²) < 4.78 is 24.6. The molecule has 0 radical (unpaired) electrons. The van der Waals surface area contributed by atoms with Crippen LogP contribution in [0.3, 0.4) is 0 Å². The lowest BCUT2D eigenvalue weighted by molar-refractivity contribution is 0.0752. The molecule has 0 unspecified atom stereocenters. The summed E-state index contributed by atoms with van der Waals surface area (Å²) in [6, 6.07) is 7.69. The Morgan fingerprint density at radius 2 is 1.71 bits per heavy atom. The Kier molecular flexibility index (Phi) is 4.90. The first-order chi connectivity index (χ1) is 5.99. The van der Waals surface area contributed by atoms with Crippen LogP contribution in [0.1, 0.15) is 10.4 Å². The lowest BCUT2D eigenvalue weighted by Gasteiger charge is -1.98. The number of hydrogen-bond acceptors (Lipinski definition) is 4. The van der Waals surface area contributed by atoms with Crippen molar-refractivity contribution < 1.29 is 17.4 Å². The molecule has 0 N–H and O–H groups in total. The zero-order valence-corrected chi connectivity index (χ0v) is 9.10. The molecule has 1 aromatic carbocycles. The van der Waals surface area contributed by atoms with Gasteiger partial charge in [-0.3, -0.25) is 0 Å². The Morgan fingerprint density at radius 3 is 2.14 bits per heavy atom. The smallest absolute Gasteiger partial charge is 0.330 e. The number of carbonyl (C=O) groups is 1. The minimum Gasteiger partial charge on any atom is -0.330 e. The summed E-state index contributed by atoms with van der Waals surface area (Å²) in [4.78, 5) is 11.0. The van der Waals surface area contributed by atoms with Gasteiger partial charge in [0.2, 0.25) is 0 Å². The monoisotopic (exact) mass is 256 g/mol. The average Bonchev–Trinajstić information content (AvgIpc) is 2.03. The van der Waals surface area contributed by atoms with E-state index in [4.69, 9.17) is 10.7 Å². The van der Waals surface area contributed by atoms with Crippen LogP contribution in [0.25, 0.3) is 0 Å². The molecule has 0 aliphatic rings. The second kappa shape index (κ2) is 5.19. The highest BCUT2D eigenvalue weighted by atomic mass is 35.7. The molecule has 4 nitrogen and oxygen atoms in total. The van der Waals surface area contributed by atoms with E-state index < -0.39 is 15.3 Å². The predicted molar refractivity (Wildman–Crippen MR) is 53.9 cm³/mol. The summed E-state index contributed by atoms with van der Waals surface area (Å²) in [5.74, 6) is -0.990. The van der Waals surface area contributed by atoms with Gasteiger partial charge in [-0.25, -0.2) is 4.79 Å². The normalized spacial score (nSPS) is 10.1. The Balaban J connectivity index is 0.00000169. The molecule has 7 heteroatoms. The first kappa shape index (κ1) is 13.2.